The van der Waals surface area contributed by atoms with Gasteiger partial charge in [0.2, 0.25) is 0 Å². The van der Waals surface area contributed by atoms with E-state index in [-0.39, 0.29) is 6.04 Å². The molecule has 21 heavy (non-hydrogen) atoms. The molecule has 112 valence electrons. The molecule has 0 aromatic heterocycles. The molecule has 0 saturated heterocycles. The molecular weight excluding hydrogens is 278 g/mol. The number of benzene rings is 2. The van der Waals surface area contributed by atoms with Gasteiger partial charge >= 0.3 is 0 Å². The van der Waals surface area contributed by atoms with Crippen LogP contribution in [0.4, 0.5) is 0 Å². The number of hydrogen-bond acceptors (Lipinski definition) is 1. The van der Waals surface area contributed by atoms with Crippen LogP contribution >= 0.6 is 11.6 Å². The van der Waals surface area contributed by atoms with Crippen molar-refractivity contribution in [2.45, 2.75) is 45.7 Å². The Kier molecular flexibility index (Phi) is 5.84. The van der Waals surface area contributed by atoms with Crippen molar-refractivity contribution in [1.29, 1.82) is 0 Å². The van der Waals surface area contributed by atoms with Crippen molar-refractivity contribution in [3.63, 3.8) is 0 Å². The molecule has 0 heterocycles. The van der Waals surface area contributed by atoms with Crippen molar-refractivity contribution in [3.05, 3.63) is 70.2 Å². The van der Waals surface area contributed by atoms with Gasteiger partial charge in [-0.15, -0.1) is 0 Å². The summed E-state index contributed by atoms with van der Waals surface area (Å²) in [4.78, 5) is 0. The zero-order chi connectivity index (χ0) is 15.2. The molecule has 0 amide bonds. The average Bonchev–Trinajstić information content (AvgIpc) is 2.53. The van der Waals surface area contributed by atoms with Crippen LogP contribution in [0.25, 0.3) is 0 Å². The molecule has 2 rings (SSSR count). The fourth-order valence-electron chi connectivity index (χ4n) is 2.65. The first-order valence-electron chi connectivity index (χ1n) is 7.75. The van der Waals surface area contributed by atoms with E-state index >= 15 is 0 Å². The number of hydrogen-bond donors (Lipinski definition) is 1. The van der Waals surface area contributed by atoms with Gasteiger partial charge in [0.25, 0.3) is 0 Å². The lowest BCUT2D eigenvalue weighted by Crippen LogP contribution is -2.24. The highest BCUT2D eigenvalue weighted by molar-refractivity contribution is 6.31. The maximum Gasteiger partial charge on any atom is 0.0453 e. The summed E-state index contributed by atoms with van der Waals surface area (Å²) in [6.45, 7) is 6.57. The van der Waals surface area contributed by atoms with Gasteiger partial charge in [-0.3, -0.25) is 0 Å². The Hall–Kier alpha value is -1.31. The van der Waals surface area contributed by atoms with E-state index in [4.69, 9.17) is 11.6 Å². The van der Waals surface area contributed by atoms with Crippen LogP contribution in [0.1, 0.15) is 56.0 Å². The lowest BCUT2D eigenvalue weighted by molar-refractivity contribution is 0.456. The fourth-order valence-corrected chi connectivity index (χ4v) is 2.95. The van der Waals surface area contributed by atoms with Crippen LogP contribution in [-0.2, 0) is 6.42 Å². The van der Waals surface area contributed by atoms with Gasteiger partial charge < -0.3 is 5.32 Å². The average molecular weight is 302 g/mol. The molecule has 2 unspecified atom stereocenters. The van der Waals surface area contributed by atoms with Gasteiger partial charge in [0, 0.05) is 17.1 Å². The molecule has 2 aromatic carbocycles. The van der Waals surface area contributed by atoms with Crippen LogP contribution in [0.3, 0.4) is 0 Å². The van der Waals surface area contributed by atoms with Gasteiger partial charge in [-0.25, -0.2) is 0 Å². The molecule has 0 saturated carbocycles. The molecule has 1 N–H and O–H groups in total. The minimum atomic E-state index is 0.231. The topological polar surface area (TPSA) is 12.0 Å². The van der Waals surface area contributed by atoms with Gasteiger partial charge in [-0.2, -0.15) is 0 Å². The summed E-state index contributed by atoms with van der Waals surface area (Å²) in [5, 5.41) is 4.52. The molecule has 2 heteroatoms. The Bertz CT molecular complexity index is 562. The van der Waals surface area contributed by atoms with Crippen molar-refractivity contribution in [2.75, 3.05) is 0 Å². The van der Waals surface area contributed by atoms with Crippen LogP contribution in [0, 0.1) is 0 Å². The molecule has 1 nitrogen and oxygen atoms in total. The Balaban J connectivity index is 2.13. The lowest BCUT2D eigenvalue weighted by atomic mass is 9.99. The van der Waals surface area contributed by atoms with Crippen LogP contribution in [0.15, 0.2) is 48.5 Å². The van der Waals surface area contributed by atoms with Crippen LogP contribution < -0.4 is 5.32 Å². The number of halogens is 1. The van der Waals surface area contributed by atoms with Gasteiger partial charge in [-0.1, -0.05) is 67.9 Å². The molecule has 0 fully saturated rings. The van der Waals surface area contributed by atoms with E-state index in [0.717, 1.165) is 23.4 Å². The summed E-state index contributed by atoms with van der Waals surface area (Å²) >= 11 is 6.29. The molecule has 0 aliphatic rings. The second-order valence-corrected chi connectivity index (χ2v) is 5.87. The van der Waals surface area contributed by atoms with E-state index in [2.05, 4.69) is 56.4 Å². The van der Waals surface area contributed by atoms with Gasteiger partial charge in [0.05, 0.1) is 0 Å². The molecule has 0 aliphatic heterocycles. The summed E-state index contributed by atoms with van der Waals surface area (Å²) in [5.74, 6) is 0. The number of rotatable bonds is 6. The Morgan fingerprint density at radius 2 is 1.67 bits per heavy atom. The molecule has 0 radical (unpaired) electrons. The highest BCUT2D eigenvalue weighted by Gasteiger charge is 2.15. The lowest BCUT2D eigenvalue weighted by Gasteiger charge is -2.24. The molecular formula is C19H24ClN. The third kappa shape index (κ3) is 4.09. The Labute approximate surface area is 133 Å². The summed E-state index contributed by atoms with van der Waals surface area (Å²) in [5.41, 5.74) is 3.88. The van der Waals surface area contributed by atoms with Crippen molar-refractivity contribution < 1.29 is 0 Å². The van der Waals surface area contributed by atoms with Crippen molar-refractivity contribution in [1.82, 2.24) is 5.32 Å². The third-order valence-corrected chi connectivity index (χ3v) is 4.37. The first-order valence-corrected chi connectivity index (χ1v) is 8.12. The van der Waals surface area contributed by atoms with Gasteiger partial charge in [0.1, 0.15) is 0 Å². The van der Waals surface area contributed by atoms with Crippen LogP contribution in [0.5, 0.6) is 0 Å². The summed E-state index contributed by atoms with van der Waals surface area (Å²) < 4.78 is 0. The van der Waals surface area contributed by atoms with E-state index in [1.165, 1.54) is 11.1 Å². The highest BCUT2D eigenvalue weighted by Crippen LogP contribution is 2.26. The summed E-state index contributed by atoms with van der Waals surface area (Å²) in [6, 6.07) is 17.5. The predicted molar refractivity (Wildman–Crippen MR) is 91.9 cm³/mol. The predicted octanol–water partition coefficient (Wildman–Crippen LogP) is 5.70. The van der Waals surface area contributed by atoms with E-state index in [1.807, 2.05) is 18.2 Å². The number of aryl methyl sites for hydroxylation is 1. The normalized spacial score (nSPS) is 13.9. The van der Waals surface area contributed by atoms with Gasteiger partial charge in [0.15, 0.2) is 0 Å². The molecule has 0 spiro atoms. The van der Waals surface area contributed by atoms with Crippen LogP contribution in [0.2, 0.25) is 5.02 Å². The highest BCUT2D eigenvalue weighted by atomic mass is 35.5. The first kappa shape index (κ1) is 16.1. The molecule has 2 aromatic rings. The summed E-state index contributed by atoms with van der Waals surface area (Å²) in [6.07, 6.45) is 2.14. The largest absolute Gasteiger partial charge is 0.303 e. The zero-order valence-corrected chi connectivity index (χ0v) is 13.8. The van der Waals surface area contributed by atoms with Crippen molar-refractivity contribution in [2.24, 2.45) is 0 Å². The molecule has 2 atom stereocenters. The monoisotopic (exact) mass is 301 g/mol. The molecule has 0 aliphatic carbocycles. The summed E-state index contributed by atoms with van der Waals surface area (Å²) in [7, 11) is 0. The SMILES string of the molecule is CCc1ccc(C(CC)NC(C)c2ccccc2Cl)cc1. The maximum absolute atomic E-state index is 6.29. The van der Waals surface area contributed by atoms with Gasteiger partial charge in [-0.05, 0) is 42.5 Å². The maximum atomic E-state index is 6.29. The third-order valence-electron chi connectivity index (χ3n) is 4.02. The second kappa shape index (κ2) is 7.63. The smallest absolute Gasteiger partial charge is 0.0453 e. The van der Waals surface area contributed by atoms with E-state index in [0.29, 0.717) is 6.04 Å². The Morgan fingerprint density at radius 1 is 1.00 bits per heavy atom. The quantitative estimate of drug-likeness (QED) is 0.721. The van der Waals surface area contributed by atoms with Crippen molar-refractivity contribution in [3.8, 4) is 0 Å². The van der Waals surface area contributed by atoms with Crippen LogP contribution in [-0.4, -0.2) is 0 Å². The van der Waals surface area contributed by atoms with E-state index in [1.54, 1.807) is 0 Å². The Morgan fingerprint density at radius 3 is 2.24 bits per heavy atom. The fraction of sp³-hybridized carbons (Fsp3) is 0.368. The van der Waals surface area contributed by atoms with Crippen molar-refractivity contribution >= 4 is 11.6 Å². The second-order valence-electron chi connectivity index (χ2n) is 5.47. The first-order chi connectivity index (χ1) is 10.2. The minimum absolute atomic E-state index is 0.231. The zero-order valence-electron chi connectivity index (χ0n) is 13.1. The standard InChI is InChI=1S/C19H24ClN/c1-4-15-10-12-16(13-11-15)19(5-2)21-14(3)17-8-6-7-9-18(17)20/h6-14,19,21H,4-5H2,1-3H3. The number of nitrogens with one attached hydrogen (secondary N) is 1. The van der Waals surface area contributed by atoms with E-state index < -0.39 is 0 Å². The molecule has 0 bridgehead atoms. The minimum Gasteiger partial charge on any atom is -0.303 e. The van der Waals surface area contributed by atoms with E-state index in [9.17, 15) is 0 Å².